The number of carbonyl (C=O) groups is 1. The number of hydrogen-bond acceptors (Lipinski definition) is 18. The summed E-state index contributed by atoms with van der Waals surface area (Å²) in [5.41, 5.74) is 0. The number of ether oxygens (including phenoxy) is 6. The van der Waals surface area contributed by atoms with Crippen LogP contribution >= 0.6 is 0 Å². The SMILES string of the molecule is CC/C=C\C/C=C\C/C=C\C/C=C\C/C=C\C/C=C\CCCCCCCCCCCCCCCCCCCCC(=O)NC(COC1OC(CO)C(OC2OC(CO)C(OC3OC(CO)C(O)C(O)C3O)C(O)C2O)C(O)C1O)C(O)/C=C/CC/C=C/CC/C=C/CCCCCCCCCC. The van der Waals surface area contributed by atoms with Crippen molar-refractivity contribution in [2.45, 2.75) is 369 Å². The average Bonchev–Trinajstić information content (AvgIpc) is 0.783. The summed E-state index contributed by atoms with van der Waals surface area (Å²) in [5.74, 6) is -0.290. The Balaban J connectivity index is 1.35. The van der Waals surface area contributed by atoms with Crippen molar-refractivity contribution < 1.29 is 89.4 Å². The van der Waals surface area contributed by atoms with Crippen LogP contribution in [0.1, 0.15) is 264 Å². The van der Waals surface area contributed by atoms with Crippen molar-refractivity contribution in [2.75, 3.05) is 26.4 Å². The maximum Gasteiger partial charge on any atom is 0.220 e. The fourth-order valence-corrected chi connectivity index (χ4v) is 12.5. The van der Waals surface area contributed by atoms with Gasteiger partial charge in [-0.3, -0.25) is 4.79 Å². The Bertz CT molecular complexity index is 2230. The van der Waals surface area contributed by atoms with Crippen LogP contribution in [-0.4, -0.2) is 193 Å². The van der Waals surface area contributed by atoms with E-state index >= 15 is 0 Å². The van der Waals surface area contributed by atoms with E-state index in [2.05, 4.69) is 116 Å². The zero-order valence-corrected chi connectivity index (χ0v) is 61.4. The minimum absolute atomic E-state index is 0.228. The van der Waals surface area contributed by atoms with E-state index in [0.29, 0.717) is 12.8 Å². The summed E-state index contributed by atoms with van der Waals surface area (Å²) in [4.78, 5) is 13.4. The minimum atomic E-state index is -1.99. The van der Waals surface area contributed by atoms with Gasteiger partial charge in [-0.15, -0.1) is 0 Å². The predicted molar refractivity (Wildman–Crippen MR) is 397 cm³/mol. The molecule has 3 heterocycles. The molecular formula is C81H139NO18. The lowest BCUT2D eigenvalue weighted by Gasteiger charge is -2.48. The first-order chi connectivity index (χ1) is 48.8. The molecule has 19 nitrogen and oxygen atoms in total. The number of aliphatic hydroxyl groups is 11. The van der Waals surface area contributed by atoms with Crippen LogP contribution in [-0.2, 0) is 33.2 Å². The lowest BCUT2D eigenvalue weighted by molar-refractivity contribution is -0.379. The van der Waals surface area contributed by atoms with E-state index in [-0.39, 0.29) is 18.9 Å². The Hall–Kier alpha value is -3.55. The fourth-order valence-electron chi connectivity index (χ4n) is 12.5. The van der Waals surface area contributed by atoms with Gasteiger partial charge in [0.2, 0.25) is 5.91 Å². The molecule has 17 unspecified atom stereocenters. The van der Waals surface area contributed by atoms with Crippen molar-refractivity contribution in [3.05, 3.63) is 109 Å². The zero-order chi connectivity index (χ0) is 72.5. The van der Waals surface area contributed by atoms with Gasteiger partial charge in [-0.1, -0.05) is 271 Å². The van der Waals surface area contributed by atoms with Gasteiger partial charge in [0.05, 0.1) is 38.6 Å². The topological polar surface area (TPSA) is 307 Å². The quantitative estimate of drug-likeness (QED) is 0.0199. The third kappa shape index (κ3) is 40.6. The zero-order valence-electron chi connectivity index (χ0n) is 61.4. The molecule has 0 spiro atoms. The van der Waals surface area contributed by atoms with Crippen LogP contribution in [0, 0.1) is 0 Å². The summed E-state index contributed by atoms with van der Waals surface area (Å²) in [6, 6.07) is -1.00. The molecule has 0 aliphatic carbocycles. The fraction of sp³-hybridized carbons (Fsp3) is 0.765. The van der Waals surface area contributed by atoms with E-state index in [1.807, 2.05) is 6.08 Å². The average molecular weight is 1410 g/mol. The van der Waals surface area contributed by atoms with Crippen molar-refractivity contribution in [1.29, 1.82) is 0 Å². The number of amides is 1. The van der Waals surface area contributed by atoms with E-state index < -0.39 is 124 Å². The number of allylic oxidation sites excluding steroid dienone is 17. The highest BCUT2D eigenvalue weighted by Crippen LogP contribution is 2.33. The molecule has 1 amide bonds. The van der Waals surface area contributed by atoms with Crippen molar-refractivity contribution >= 4 is 5.91 Å². The molecule has 0 radical (unpaired) electrons. The monoisotopic (exact) mass is 1410 g/mol. The van der Waals surface area contributed by atoms with Gasteiger partial charge in [0.1, 0.15) is 73.2 Å². The lowest BCUT2D eigenvalue weighted by Crippen LogP contribution is -2.66. The number of aliphatic hydroxyl groups excluding tert-OH is 11. The molecule has 0 saturated carbocycles. The predicted octanol–water partition coefficient (Wildman–Crippen LogP) is 12.6. The van der Waals surface area contributed by atoms with Gasteiger partial charge in [-0.25, -0.2) is 0 Å². The first-order valence-corrected chi connectivity index (χ1v) is 39.1. The minimum Gasteiger partial charge on any atom is -0.394 e. The highest BCUT2D eigenvalue weighted by Gasteiger charge is 2.53. The Morgan fingerprint density at radius 3 is 1.12 bits per heavy atom. The van der Waals surface area contributed by atoms with Crippen molar-refractivity contribution in [1.82, 2.24) is 5.32 Å². The standard InChI is InChI=1S/C81H139NO18/c1-3-5-7-9-11-13-15-17-19-21-23-24-25-26-27-28-29-30-31-32-33-34-35-36-37-38-39-40-41-43-45-47-49-51-53-55-57-59-69(87)82-64(65(86)58-56-54-52-50-48-46-44-42-22-20-18-16-14-12-10-8-6-4-2)63-95-79-75(93)72(90)77(67(61-84)97-79)100-81-76(94)73(91)78(68(62-85)98-81)99-80-74(92)71(89)70(88)66(60-83)96-80/h5,7,11,13,17,19,22-24,26-27,29-30,42,48,50,56,58,64-68,70-81,83-86,88-94H,3-4,6,8-10,12,14-16,18,20-21,25,28,31-41,43-47,49,51-55,57,59-63H2,1-2H3,(H,82,87)/b7-5-,13-11-,19-17-,24-23-,27-26-,30-29-,42-22+,50-48+,58-56+. The molecule has 3 rings (SSSR count). The van der Waals surface area contributed by atoms with Gasteiger partial charge >= 0.3 is 0 Å². The number of hydrogen-bond donors (Lipinski definition) is 12. The smallest absolute Gasteiger partial charge is 0.220 e. The number of unbranched alkanes of at least 4 members (excludes halogenated alkanes) is 28. The molecular weight excluding hydrogens is 1270 g/mol. The van der Waals surface area contributed by atoms with Crippen LogP contribution in [0.25, 0.3) is 0 Å². The van der Waals surface area contributed by atoms with Gasteiger partial charge in [-0.2, -0.15) is 0 Å². The van der Waals surface area contributed by atoms with Crippen LogP contribution in [0.15, 0.2) is 109 Å². The number of rotatable bonds is 60. The second-order valence-electron chi connectivity index (χ2n) is 27.4. The molecule has 17 atom stereocenters. The Morgan fingerprint density at radius 2 is 0.700 bits per heavy atom. The van der Waals surface area contributed by atoms with E-state index in [1.54, 1.807) is 6.08 Å². The summed E-state index contributed by atoms with van der Waals surface area (Å²) in [6.45, 7) is 1.59. The van der Waals surface area contributed by atoms with Gasteiger partial charge in [0.15, 0.2) is 18.9 Å². The largest absolute Gasteiger partial charge is 0.394 e. The highest BCUT2D eigenvalue weighted by molar-refractivity contribution is 5.76. The van der Waals surface area contributed by atoms with Gasteiger partial charge in [-0.05, 0) is 96.3 Å². The van der Waals surface area contributed by atoms with Gasteiger partial charge in [0.25, 0.3) is 0 Å². The van der Waals surface area contributed by atoms with Crippen LogP contribution in [0.5, 0.6) is 0 Å². The molecule has 0 aromatic rings. The molecule has 0 bridgehead atoms. The first kappa shape index (κ1) is 90.7. The van der Waals surface area contributed by atoms with E-state index in [1.165, 1.54) is 148 Å². The molecule has 3 fully saturated rings. The summed E-state index contributed by atoms with van der Waals surface area (Å²) in [5, 5.41) is 121. The second kappa shape index (κ2) is 60.7. The van der Waals surface area contributed by atoms with E-state index in [0.717, 1.165) is 83.5 Å². The molecule has 576 valence electrons. The highest BCUT2D eigenvalue weighted by atomic mass is 16.8. The molecule has 3 aliphatic rings. The third-order valence-electron chi connectivity index (χ3n) is 18.8. The van der Waals surface area contributed by atoms with Crippen molar-refractivity contribution in [2.24, 2.45) is 0 Å². The molecule has 3 aliphatic heterocycles. The van der Waals surface area contributed by atoms with Crippen LogP contribution < -0.4 is 5.32 Å². The van der Waals surface area contributed by atoms with Crippen LogP contribution in [0.3, 0.4) is 0 Å². The summed E-state index contributed by atoms with van der Waals surface area (Å²) in [7, 11) is 0. The van der Waals surface area contributed by atoms with Crippen LogP contribution in [0.2, 0.25) is 0 Å². The molecule has 0 aromatic heterocycles. The molecule has 100 heavy (non-hydrogen) atoms. The van der Waals surface area contributed by atoms with E-state index in [4.69, 9.17) is 28.4 Å². The molecule has 19 heteroatoms. The Morgan fingerprint density at radius 1 is 0.370 bits per heavy atom. The van der Waals surface area contributed by atoms with Crippen molar-refractivity contribution in [3.63, 3.8) is 0 Å². The Labute approximate surface area is 602 Å². The molecule has 12 N–H and O–H groups in total. The lowest BCUT2D eigenvalue weighted by atomic mass is 9.96. The number of nitrogens with one attached hydrogen (secondary N) is 1. The first-order valence-electron chi connectivity index (χ1n) is 39.1. The second-order valence-corrected chi connectivity index (χ2v) is 27.4. The molecule has 3 saturated heterocycles. The van der Waals surface area contributed by atoms with Crippen molar-refractivity contribution in [3.8, 4) is 0 Å². The maximum atomic E-state index is 13.4. The van der Waals surface area contributed by atoms with Crippen LogP contribution in [0.4, 0.5) is 0 Å². The number of carbonyl (C=O) groups excluding carboxylic acids is 1. The maximum absolute atomic E-state index is 13.4. The molecule has 0 aromatic carbocycles. The Kier molecular flexibility index (Phi) is 55.0. The van der Waals surface area contributed by atoms with Gasteiger partial charge < -0.3 is 89.9 Å². The summed E-state index contributed by atoms with van der Waals surface area (Å²) >= 11 is 0. The van der Waals surface area contributed by atoms with E-state index in [9.17, 15) is 61.0 Å². The normalized spacial score (nSPS) is 27.1. The summed E-state index contributed by atoms with van der Waals surface area (Å²) in [6.07, 6.45) is 56.5. The summed E-state index contributed by atoms with van der Waals surface area (Å²) < 4.78 is 34.4. The third-order valence-corrected chi connectivity index (χ3v) is 18.8. The van der Waals surface area contributed by atoms with Gasteiger partial charge in [0, 0.05) is 6.42 Å².